The molecule has 1 amide bonds. The summed E-state index contributed by atoms with van der Waals surface area (Å²) in [5, 5.41) is 1.87. The lowest BCUT2D eigenvalue weighted by Gasteiger charge is -2.49. The van der Waals surface area contributed by atoms with Gasteiger partial charge in [-0.2, -0.15) is 0 Å². The number of nitrogens with zero attached hydrogens (tertiary/aromatic N) is 1. The third-order valence-electron chi connectivity index (χ3n) is 3.34. The van der Waals surface area contributed by atoms with Gasteiger partial charge in [-0.1, -0.05) is 25.7 Å². The maximum Gasteiger partial charge on any atom is 0.258 e. The first-order valence-corrected chi connectivity index (χ1v) is 5.73. The molecule has 0 radical (unpaired) electrons. The Morgan fingerprint density at radius 1 is 1.21 bits per heavy atom. The zero-order valence-corrected chi connectivity index (χ0v) is 9.18. The SMILES string of the molecule is CC1(C)NN(C2CCCCCC2)C1=O. The first-order chi connectivity index (χ1) is 6.61. The molecule has 0 unspecified atom stereocenters. The van der Waals surface area contributed by atoms with Crippen LogP contribution in [-0.2, 0) is 4.79 Å². The topological polar surface area (TPSA) is 32.3 Å². The zero-order chi connectivity index (χ0) is 10.2. The predicted molar refractivity (Wildman–Crippen MR) is 55.6 cm³/mol. The van der Waals surface area contributed by atoms with Gasteiger partial charge in [-0.3, -0.25) is 9.80 Å². The summed E-state index contributed by atoms with van der Waals surface area (Å²) in [7, 11) is 0. The molecule has 2 fully saturated rings. The first kappa shape index (κ1) is 9.97. The summed E-state index contributed by atoms with van der Waals surface area (Å²) >= 11 is 0. The number of carbonyl (C=O) groups excluding carboxylic acids is 1. The normalized spacial score (nSPS) is 28.4. The second-order valence-corrected chi connectivity index (χ2v) is 5.06. The van der Waals surface area contributed by atoms with Gasteiger partial charge in [0.25, 0.3) is 5.91 Å². The van der Waals surface area contributed by atoms with Crippen LogP contribution in [0.15, 0.2) is 0 Å². The molecule has 1 aliphatic carbocycles. The molecular formula is C11H20N2O. The van der Waals surface area contributed by atoms with Gasteiger partial charge < -0.3 is 0 Å². The van der Waals surface area contributed by atoms with Crippen molar-refractivity contribution >= 4 is 5.91 Å². The Balaban J connectivity index is 1.93. The molecule has 14 heavy (non-hydrogen) atoms. The maximum absolute atomic E-state index is 11.8. The quantitative estimate of drug-likeness (QED) is 0.649. The van der Waals surface area contributed by atoms with Gasteiger partial charge in [0.05, 0.1) is 0 Å². The van der Waals surface area contributed by atoms with Gasteiger partial charge in [-0.05, 0) is 26.7 Å². The Morgan fingerprint density at radius 3 is 2.21 bits per heavy atom. The van der Waals surface area contributed by atoms with Crippen molar-refractivity contribution in [3.05, 3.63) is 0 Å². The fourth-order valence-electron chi connectivity index (χ4n) is 2.42. The molecule has 0 aromatic carbocycles. The molecule has 0 atom stereocenters. The Bertz CT molecular complexity index is 229. The van der Waals surface area contributed by atoms with E-state index in [9.17, 15) is 4.79 Å². The Morgan fingerprint density at radius 2 is 1.79 bits per heavy atom. The molecule has 3 nitrogen and oxygen atoms in total. The van der Waals surface area contributed by atoms with Crippen LogP contribution in [0.4, 0.5) is 0 Å². The van der Waals surface area contributed by atoms with Crippen LogP contribution in [0.3, 0.4) is 0 Å². The molecule has 0 bridgehead atoms. The van der Waals surface area contributed by atoms with Crippen LogP contribution in [-0.4, -0.2) is 22.5 Å². The van der Waals surface area contributed by atoms with Gasteiger partial charge in [-0.25, -0.2) is 5.43 Å². The van der Waals surface area contributed by atoms with Crippen molar-refractivity contribution in [1.82, 2.24) is 10.4 Å². The Labute approximate surface area is 85.8 Å². The molecule has 1 saturated carbocycles. The minimum absolute atomic E-state index is 0.268. The summed E-state index contributed by atoms with van der Waals surface area (Å²) in [6.45, 7) is 3.89. The van der Waals surface area contributed by atoms with Gasteiger partial charge >= 0.3 is 0 Å². The van der Waals surface area contributed by atoms with Crippen LogP contribution in [0.2, 0.25) is 0 Å². The van der Waals surface area contributed by atoms with Crippen LogP contribution in [0.25, 0.3) is 0 Å². The highest BCUT2D eigenvalue weighted by Gasteiger charge is 2.46. The van der Waals surface area contributed by atoms with E-state index in [1.54, 1.807) is 0 Å². The molecule has 0 aromatic heterocycles. The monoisotopic (exact) mass is 196 g/mol. The number of amides is 1. The van der Waals surface area contributed by atoms with Crippen molar-refractivity contribution in [2.75, 3.05) is 0 Å². The number of rotatable bonds is 1. The number of hydrazine groups is 1. The lowest BCUT2D eigenvalue weighted by Crippen LogP contribution is -2.75. The van der Waals surface area contributed by atoms with Crippen molar-refractivity contribution in [2.45, 2.75) is 64.0 Å². The fourth-order valence-corrected chi connectivity index (χ4v) is 2.42. The molecule has 2 aliphatic rings. The highest BCUT2D eigenvalue weighted by molar-refractivity contribution is 5.90. The molecular weight excluding hydrogens is 176 g/mol. The number of hydrogen-bond acceptors (Lipinski definition) is 2. The summed E-state index contributed by atoms with van der Waals surface area (Å²) in [6.07, 6.45) is 7.57. The minimum atomic E-state index is -0.313. The summed E-state index contributed by atoms with van der Waals surface area (Å²) in [5.41, 5.74) is 2.94. The van der Waals surface area contributed by atoms with Crippen LogP contribution in [0, 0.1) is 0 Å². The van der Waals surface area contributed by atoms with Crippen LogP contribution in [0.1, 0.15) is 52.4 Å². The van der Waals surface area contributed by atoms with E-state index < -0.39 is 0 Å². The average Bonchev–Trinajstić information content (AvgIpc) is 2.42. The Hall–Kier alpha value is -0.570. The van der Waals surface area contributed by atoms with E-state index >= 15 is 0 Å². The van der Waals surface area contributed by atoms with Crippen molar-refractivity contribution in [1.29, 1.82) is 0 Å². The molecule has 3 heteroatoms. The van der Waals surface area contributed by atoms with Crippen molar-refractivity contribution in [3.8, 4) is 0 Å². The fraction of sp³-hybridized carbons (Fsp3) is 0.909. The average molecular weight is 196 g/mol. The summed E-state index contributed by atoms with van der Waals surface area (Å²) in [4.78, 5) is 11.8. The van der Waals surface area contributed by atoms with Gasteiger partial charge in [0, 0.05) is 6.04 Å². The first-order valence-electron chi connectivity index (χ1n) is 5.73. The van der Waals surface area contributed by atoms with E-state index in [4.69, 9.17) is 0 Å². The molecule has 1 aliphatic heterocycles. The number of nitrogens with one attached hydrogen (secondary N) is 1. The van der Waals surface area contributed by atoms with E-state index in [0.29, 0.717) is 6.04 Å². The highest BCUT2D eigenvalue weighted by atomic mass is 16.2. The summed E-state index contributed by atoms with van der Waals surface area (Å²) in [6, 6.07) is 0.457. The summed E-state index contributed by atoms with van der Waals surface area (Å²) in [5.74, 6) is 0.268. The molecule has 0 spiro atoms. The van der Waals surface area contributed by atoms with Crippen molar-refractivity contribution < 1.29 is 4.79 Å². The van der Waals surface area contributed by atoms with Gasteiger partial charge in [-0.15, -0.1) is 0 Å². The van der Waals surface area contributed by atoms with E-state index in [-0.39, 0.29) is 11.4 Å². The second-order valence-electron chi connectivity index (χ2n) is 5.06. The van der Waals surface area contributed by atoms with E-state index in [2.05, 4.69) is 5.43 Å². The predicted octanol–water partition coefficient (Wildman–Crippen LogP) is 1.83. The highest BCUT2D eigenvalue weighted by Crippen LogP contribution is 2.28. The molecule has 0 aromatic rings. The van der Waals surface area contributed by atoms with Gasteiger partial charge in [0.2, 0.25) is 0 Å². The molecule has 1 heterocycles. The zero-order valence-electron chi connectivity index (χ0n) is 9.18. The Kier molecular flexibility index (Phi) is 2.52. The number of hydrogen-bond donors (Lipinski definition) is 1. The van der Waals surface area contributed by atoms with Crippen LogP contribution >= 0.6 is 0 Å². The van der Waals surface area contributed by atoms with E-state index in [1.807, 2.05) is 18.9 Å². The lowest BCUT2D eigenvalue weighted by molar-refractivity contribution is -0.167. The van der Waals surface area contributed by atoms with Crippen molar-refractivity contribution in [3.63, 3.8) is 0 Å². The molecule has 1 saturated heterocycles. The standard InChI is InChI=1S/C11H20N2O/c1-11(2)10(14)13(12-11)9-7-5-3-4-6-8-9/h9,12H,3-8H2,1-2H3. The van der Waals surface area contributed by atoms with Crippen LogP contribution < -0.4 is 5.43 Å². The molecule has 2 rings (SSSR count). The lowest BCUT2D eigenvalue weighted by atomic mass is 9.97. The molecule has 1 N–H and O–H groups in total. The maximum atomic E-state index is 11.8. The largest absolute Gasteiger partial charge is 0.272 e. The van der Waals surface area contributed by atoms with Crippen LogP contribution in [0.5, 0.6) is 0 Å². The second kappa shape index (κ2) is 3.54. The smallest absolute Gasteiger partial charge is 0.258 e. The summed E-state index contributed by atoms with van der Waals surface area (Å²) < 4.78 is 0. The van der Waals surface area contributed by atoms with E-state index in [1.165, 1.54) is 38.5 Å². The minimum Gasteiger partial charge on any atom is -0.272 e. The van der Waals surface area contributed by atoms with Gasteiger partial charge in [0.1, 0.15) is 5.54 Å². The van der Waals surface area contributed by atoms with Gasteiger partial charge in [0.15, 0.2) is 0 Å². The third kappa shape index (κ3) is 1.65. The van der Waals surface area contributed by atoms with E-state index in [0.717, 1.165) is 0 Å². The van der Waals surface area contributed by atoms with Crippen molar-refractivity contribution in [2.24, 2.45) is 0 Å². The third-order valence-corrected chi connectivity index (χ3v) is 3.34. The number of carbonyl (C=O) groups is 1. The molecule has 80 valence electrons.